The first kappa shape index (κ1) is 13.3. The standard InChI is InChI=1S/C18H15NO2/c1-12-14(6-4-7-16(12)18(20)21)11-15-10-9-13-5-2-3-8-17(13)19-15/h2-10H,11H2,1H3,(H,20,21). The van der Waals surface area contributed by atoms with E-state index in [9.17, 15) is 9.90 Å². The van der Waals surface area contributed by atoms with Crippen molar-refractivity contribution in [2.24, 2.45) is 0 Å². The molecular weight excluding hydrogens is 262 g/mol. The number of carboxylic acids is 1. The molecule has 3 heteroatoms. The number of hydrogen-bond acceptors (Lipinski definition) is 2. The molecule has 0 unspecified atom stereocenters. The molecule has 0 amide bonds. The Morgan fingerprint density at radius 1 is 1.05 bits per heavy atom. The molecule has 0 bridgehead atoms. The summed E-state index contributed by atoms with van der Waals surface area (Å²) in [5.41, 5.74) is 4.06. The highest BCUT2D eigenvalue weighted by Gasteiger charge is 2.10. The first-order chi connectivity index (χ1) is 10.1. The molecule has 104 valence electrons. The second-order valence-corrected chi connectivity index (χ2v) is 5.07. The monoisotopic (exact) mass is 277 g/mol. The van der Waals surface area contributed by atoms with Crippen LogP contribution in [-0.4, -0.2) is 16.1 Å². The topological polar surface area (TPSA) is 50.2 Å². The molecule has 0 saturated carbocycles. The number of benzene rings is 2. The quantitative estimate of drug-likeness (QED) is 0.791. The molecule has 3 aromatic rings. The van der Waals surface area contributed by atoms with Crippen LogP contribution >= 0.6 is 0 Å². The van der Waals surface area contributed by atoms with Gasteiger partial charge in [-0.1, -0.05) is 36.4 Å². The molecule has 0 aliphatic carbocycles. The van der Waals surface area contributed by atoms with Gasteiger partial charge in [0.2, 0.25) is 0 Å². The lowest BCUT2D eigenvalue weighted by atomic mass is 9.98. The summed E-state index contributed by atoms with van der Waals surface area (Å²) >= 11 is 0. The highest BCUT2D eigenvalue weighted by molar-refractivity contribution is 5.89. The number of nitrogens with zero attached hydrogens (tertiary/aromatic N) is 1. The van der Waals surface area contributed by atoms with Crippen LogP contribution in [0.5, 0.6) is 0 Å². The molecule has 0 atom stereocenters. The van der Waals surface area contributed by atoms with Gasteiger partial charge >= 0.3 is 5.97 Å². The van der Waals surface area contributed by atoms with Gasteiger partial charge in [-0.3, -0.25) is 4.98 Å². The van der Waals surface area contributed by atoms with E-state index in [0.717, 1.165) is 27.7 Å². The van der Waals surface area contributed by atoms with E-state index in [0.29, 0.717) is 12.0 Å². The number of carboxylic acid groups (broad SMARTS) is 1. The summed E-state index contributed by atoms with van der Waals surface area (Å²) in [5.74, 6) is -0.888. The number of para-hydroxylation sites is 1. The minimum absolute atomic E-state index is 0.355. The van der Waals surface area contributed by atoms with Crippen molar-refractivity contribution in [3.8, 4) is 0 Å². The van der Waals surface area contributed by atoms with Crippen LogP contribution in [0.3, 0.4) is 0 Å². The van der Waals surface area contributed by atoms with Crippen molar-refractivity contribution in [1.29, 1.82) is 0 Å². The fraction of sp³-hybridized carbons (Fsp3) is 0.111. The molecule has 21 heavy (non-hydrogen) atoms. The molecule has 0 spiro atoms. The number of carbonyl (C=O) groups is 1. The zero-order valence-electron chi connectivity index (χ0n) is 11.7. The first-order valence-electron chi connectivity index (χ1n) is 6.81. The molecule has 3 nitrogen and oxygen atoms in total. The number of rotatable bonds is 3. The maximum absolute atomic E-state index is 11.2. The van der Waals surface area contributed by atoms with Crippen molar-refractivity contribution in [3.05, 3.63) is 77.0 Å². The van der Waals surface area contributed by atoms with E-state index in [1.54, 1.807) is 12.1 Å². The van der Waals surface area contributed by atoms with Gasteiger partial charge in [0.1, 0.15) is 0 Å². The van der Waals surface area contributed by atoms with Crippen LogP contribution < -0.4 is 0 Å². The van der Waals surface area contributed by atoms with Crippen LogP contribution in [0.25, 0.3) is 10.9 Å². The Hall–Kier alpha value is -2.68. The van der Waals surface area contributed by atoms with Crippen molar-refractivity contribution in [3.63, 3.8) is 0 Å². The van der Waals surface area contributed by atoms with Crippen LogP contribution in [0, 0.1) is 6.92 Å². The van der Waals surface area contributed by atoms with E-state index < -0.39 is 5.97 Å². The second-order valence-electron chi connectivity index (χ2n) is 5.07. The van der Waals surface area contributed by atoms with Crippen LogP contribution in [0.1, 0.15) is 27.2 Å². The predicted octanol–water partition coefficient (Wildman–Crippen LogP) is 3.83. The zero-order chi connectivity index (χ0) is 14.8. The van der Waals surface area contributed by atoms with Crippen molar-refractivity contribution >= 4 is 16.9 Å². The molecule has 3 rings (SSSR count). The molecule has 1 aromatic heterocycles. The summed E-state index contributed by atoms with van der Waals surface area (Å²) in [5, 5.41) is 10.3. The summed E-state index contributed by atoms with van der Waals surface area (Å²) in [6, 6.07) is 17.4. The molecule has 0 aliphatic rings. The first-order valence-corrected chi connectivity index (χ1v) is 6.81. The minimum atomic E-state index is -0.888. The van der Waals surface area contributed by atoms with Gasteiger partial charge in [-0.15, -0.1) is 0 Å². The Kier molecular flexibility index (Phi) is 3.40. The van der Waals surface area contributed by atoms with E-state index in [2.05, 4.69) is 4.98 Å². The Morgan fingerprint density at radius 3 is 2.67 bits per heavy atom. The molecule has 0 radical (unpaired) electrons. The van der Waals surface area contributed by atoms with Crippen LogP contribution in [0.4, 0.5) is 0 Å². The molecule has 2 aromatic carbocycles. The zero-order valence-corrected chi connectivity index (χ0v) is 11.7. The predicted molar refractivity (Wildman–Crippen MR) is 82.7 cm³/mol. The molecule has 0 fully saturated rings. The Bertz CT molecular complexity index is 824. The van der Waals surface area contributed by atoms with E-state index in [4.69, 9.17) is 0 Å². The largest absolute Gasteiger partial charge is 0.478 e. The Labute approximate surface area is 122 Å². The molecule has 0 saturated heterocycles. The van der Waals surface area contributed by atoms with Gasteiger partial charge in [0.25, 0.3) is 0 Å². The lowest BCUT2D eigenvalue weighted by Crippen LogP contribution is -2.03. The second kappa shape index (κ2) is 5.37. The Morgan fingerprint density at radius 2 is 1.86 bits per heavy atom. The highest BCUT2D eigenvalue weighted by atomic mass is 16.4. The number of aromatic carboxylic acids is 1. The van der Waals surface area contributed by atoms with Gasteiger partial charge in [0.05, 0.1) is 11.1 Å². The number of pyridine rings is 1. The van der Waals surface area contributed by atoms with Gasteiger partial charge < -0.3 is 5.11 Å². The number of fused-ring (bicyclic) bond motifs is 1. The van der Waals surface area contributed by atoms with Crippen molar-refractivity contribution in [2.75, 3.05) is 0 Å². The average Bonchev–Trinajstić information content (AvgIpc) is 2.49. The van der Waals surface area contributed by atoms with Crippen LogP contribution in [0.15, 0.2) is 54.6 Å². The maximum Gasteiger partial charge on any atom is 0.335 e. The van der Waals surface area contributed by atoms with Crippen molar-refractivity contribution in [2.45, 2.75) is 13.3 Å². The summed E-state index contributed by atoms with van der Waals surface area (Å²) in [4.78, 5) is 15.8. The average molecular weight is 277 g/mol. The van der Waals surface area contributed by atoms with Crippen molar-refractivity contribution in [1.82, 2.24) is 4.98 Å². The SMILES string of the molecule is Cc1c(Cc2ccc3ccccc3n2)cccc1C(=O)O. The van der Waals surface area contributed by atoms with Gasteiger partial charge in [0.15, 0.2) is 0 Å². The molecule has 1 N–H and O–H groups in total. The molecular formula is C18H15NO2. The summed E-state index contributed by atoms with van der Waals surface area (Å²) in [6.07, 6.45) is 0.637. The lowest BCUT2D eigenvalue weighted by molar-refractivity contribution is 0.0696. The fourth-order valence-corrected chi connectivity index (χ4v) is 2.51. The van der Waals surface area contributed by atoms with E-state index in [1.807, 2.05) is 49.4 Å². The molecule has 1 heterocycles. The van der Waals surface area contributed by atoms with E-state index in [1.165, 1.54) is 0 Å². The third kappa shape index (κ3) is 2.63. The van der Waals surface area contributed by atoms with Crippen LogP contribution in [0.2, 0.25) is 0 Å². The smallest absolute Gasteiger partial charge is 0.335 e. The van der Waals surface area contributed by atoms with Gasteiger partial charge in [-0.25, -0.2) is 4.79 Å². The minimum Gasteiger partial charge on any atom is -0.478 e. The van der Waals surface area contributed by atoms with Gasteiger partial charge in [0, 0.05) is 17.5 Å². The van der Waals surface area contributed by atoms with Crippen LogP contribution in [-0.2, 0) is 6.42 Å². The highest BCUT2D eigenvalue weighted by Crippen LogP contribution is 2.19. The lowest BCUT2D eigenvalue weighted by Gasteiger charge is -2.09. The summed E-state index contributed by atoms with van der Waals surface area (Å²) in [6.45, 7) is 1.85. The number of hydrogen-bond donors (Lipinski definition) is 1. The van der Waals surface area contributed by atoms with E-state index >= 15 is 0 Å². The number of aromatic nitrogens is 1. The summed E-state index contributed by atoms with van der Waals surface area (Å²) < 4.78 is 0. The van der Waals surface area contributed by atoms with Crippen molar-refractivity contribution < 1.29 is 9.90 Å². The third-order valence-electron chi connectivity index (χ3n) is 3.70. The fourth-order valence-electron chi connectivity index (χ4n) is 2.51. The van der Waals surface area contributed by atoms with Gasteiger partial charge in [-0.05, 0) is 36.2 Å². The summed E-state index contributed by atoms with van der Waals surface area (Å²) in [7, 11) is 0. The van der Waals surface area contributed by atoms with E-state index in [-0.39, 0.29) is 0 Å². The normalized spacial score (nSPS) is 10.7. The van der Waals surface area contributed by atoms with Gasteiger partial charge in [-0.2, -0.15) is 0 Å². The maximum atomic E-state index is 11.2. The Balaban J connectivity index is 1.98. The molecule has 0 aliphatic heterocycles. The third-order valence-corrected chi connectivity index (χ3v) is 3.70.